The van der Waals surface area contributed by atoms with E-state index in [1.807, 2.05) is 29.2 Å². The Hall–Kier alpha value is -3.92. The maximum Gasteiger partial charge on any atom is 0.258 e. The summed E-state index contributed by atoms with van der Waals surface area (Å²) in [6, 6.07) is 12.4. The zero-order chi connectivity index (χ0) is 29.9. The minimum absolute atomic E-state index is 0.0740. The molecule has 1 unspecified atom stereocenters. The Bertz CT molecular complexity index is 1570. The molecule has 2 aromatic carbocycles. The number of piperidine rings is 3. The second kappa shape index (κ2) is 12.8. The third-order valence-corrected chi connectivity index (χ3v) is 9.47. The molecule has 1 aromatic heterocycles. The van der Waals surface area contributed by atoms with Crippen LogP contribution in [0.2, 0.25) is 0 Å². The van der Waals surface area contributed by atoms with E-state index in [0.29, 0.717) is 41.8 Å². The molecule has 0 radical (unpaired) electrons. The van der Waals surface area contributed by atoms with Crippen molar-refractivity contribution in [2.45, 2.75) is 63.2 Å². The van der Waals surface area contributed by atoms with Gasteiger partial charge in [-0.15, -0.1) is 0 Å². The number of rotatable bonds is 7. The Morgan fingerprint density at radius 1 is 0.953 bits per heavy atom. The summed E-state index contributed by atoms with van der Waals surface area (Å²) >= 11 is 0. The maximum absolute atomic E-state index is 15.1. The van der Waals surface area contributed by atoms with Crippen molar-refractivity contribution >= 4 is 28.6 Å². The van der Waals surface area contributed by atoms with Crippen molar-refractivity contribution in [1.29, 1.82) is 0 Å². The molecule has 3 aliphatic rings. The third-order valence-electron chi connectivity index (χ3n) is 9.47. The van der Waals surface area contributed by atoms with Crippen LogP contribution in [-0.4, -0.2) is 70.2 Å². The number of H-pyrrole nitrogens is 1. The quantitative estimate of drug-likeness (QED) is 0.408. The molecule has 3 aromatic rings. The Morgan fingerprint density at radius 3 is 2.47 bits per heavy atom. The molecule has 9 nitrogen and oxygen atoms in total. The van der Waals surface area contributed by atoms with Gasteiger partial charge in [0.1, 0.15) is 11.6 Å². The number of para-hydroxylation sites is 1. The minimum atomic E-state index is -0.494. The summed E-state index contributed by atoms with van der Waals surface area (Å²) in [7, 11) is 0. The van der Waals surface area contributed by atoms with Gasteiger partial charge in [0.05, 0.1) is 23.4 Å². The Balaban J connectivity index is 0.940. The molecule has 1 atom stereocenters. The highest BCUT2D eigenvalue weighted by atomic mass is 19.1. The number of hydrogen-bond donors (Lipinski definition) is 2. The predicted octanol–water partition coefficient (Wildman–Crippen LogP) is 3.63. The number of likely N-dealkylation sites (tertiary alicyclic amines) is 2. The highest BCUT2D eigenvalue weighted by molar-refractivity contribution is 6.00. The second-order valence-corrected chi connectivity index (χ2v) is 12.2. The Kier molecular flexibility index (Phi) is 8.65. The zero-order valence-corrected chi connectivity index (χ0v) is 24.3. The lowest BCUT2D eigenvalue weighted by molar-refractivity contribution is -0.135. The molecule has 4 heterocycles. The molecule has 3 amide bonds. The summed E-state index contributed by atoms with van der Waals surface area (Å²) in [5.74, 6) is -0.000823. The topological polar surface area (TPSA) is 115 Å². The number of aryl methyl sites for hydroxylation is 1. The number of aromatic amines is 1. The molecule has 3 aliphatic heterocycles. The molecular weight excluding hydrogens is 549 g/mol. The fraction of sp³-hybridized carbons (Fsp3) is 0.485. The monoisotopic (exact) mass is 587 g/mol. The van der Waals surface area contributed by atoms with E-state index in [2.05, 4.69) is 20.2 Å². The van der Waals surface area contributed by atoms with Crippen molar-refractivity contribution in [2.24, 2.45) is 5.92 Å². The first-order valence-electron chi connectivity index (χ1n) is 15.4. The smallest absolute Gasteiger partial charge is 0.258 e. The number of fused-ring (bicyclic) bond motifs is 1. The summed E-state index contributed by atoms with van der Waals surface area (Å²) in [4.78, 5) is 60.7. The van der Waals surface area contributed by atoms with Crippen molar-refractivity contribution < 1.29 is 18.8 Å². The van der Waals surface area contributed by atoms with Gasteiger partial charge in [0, 0.05) is 25.9 Å². The lowest BCUT2D eigenvalue weighted by atomic mass is 9.85. The van der Waals surface area contributed by atoms with Crippen LogP contribution in [0, 0.1) is 11.7 Å². The van der Waals surface area contributed by atoms with Crippen LogP contribution in [0.1, 0.15) is 73.7 Å². The van der Waals surface area contributed by atoms with Gasteiger partial charge >= 0.3 is 0 Å². The molecule has 10 heteroatoms. The van der Waals surface area contributed by atoms with E-state index in [4.69, 9.17) is 0 Å². The van der Waals surface area contributed by atoms with Gasteiger partial charge in [0.15, 0.2) is 0 Å². The second-order valence-electron chi connectivity index (χ2n) is 12.2. The van der Waals surface area contributed by atoms with Crippen LogP contribution in [0.15, 0.2) is 47.3 Å². The Morgan fingerprint density at radius 2 is 1.72 bits per heavy atom. The molecule has 0 aliphatic carbocycles. The van der Waals surface area contributed by atoms with E-state index < -0.39 is 5.92 Å². The molecule has 43 heavy (non-hydrogen) atoms. The number of nitrogens with zero attached hydrogens (tertiary/aromatic N) is 3. The van der Waals surface area contributed by atoms with Crippen molar-refractivity contribution in [3.63, 3.8) is 0 Å². The number of carbonyl (C=O) groups excluding carboxylic acids is 3. The highest BCUT2D eigenvalue weighted by Crippen LogP contribution is 2.33. The van der Waals surface area contributed by atoms with Gasteiger partial charge in [-0.25, -0.2) is 9.37 Å². The van der Waals surface area contributed by atoms with Crippen LogP contribution in [0.3, 0.4) is 0 Å². The molecule has 0 spiro atoms. The van der Waals surface area contributed by atoms with E-state index >= 15 is 4.39 Å². The van der Waals surface area contributed by atoms with Gasteiger partial charge in [-0.3, -0.25) is 29.4 Å². The van der Waals surface area contributed by atoms with Gasteiger partial charge in [-0.1, -0.05) is 24.3 Å². The average molecular weight is 588 g/mol. The highest BCUT2D eigenvalue weighted by Gasteiger charge is 2.30. The molecule has 0 bridgehead atoms. The van der Waals surface area contributed by atoms with E-state index in [0.717, 1.165) is 69.6 Å². The SMILES string of the molecule is O=C1CCC(c2ccc(C3CCN(CC(=O)N4CCC(CCc5nc6ccccc6c(=O)[nH]5)CC4)CC3)c(F)c2)C(=O)N1. The summed E-state index contributed by atoms with van der Waals surface area (Å²) < 4.78 is 15.1. The van der Waals surface area contributed by atoms with Crippen molar-refractivity contribution in [3.8, 4) is 0 Å². The van der Waals surface area contributed by atoms with Crippen molar-refractivity contribution in [1.82, 2.24) is 25.1 Å². The normalized spacial score (nSPS) is 20.9. The van der Waals surface area contributed by atoms with E-state index in [-0.39, 0.29) is 41.4 Å². The fourth-order valence-electron chi connectivity index (χ4n) is 6.86. The minimum Gasteiger partial charge on any atom is -0.342 e. The largest absolute Gasteiger partial charge is 0.342 e. The number of hydrogen-bond acceptors (Lipinski definition) is 6. The van der Waals surface area contributed by atoms with Crippen molar-refractivity contribution in [3.05, 3.63) is 75.6 Å². The number of amides is 3. The zero-order valence-electron chi connectivity index (χ0n) is 24.3. The van der Waals surface area contributed by atoms with Crippen LogP contribution < -0.4 is 10.9 Å². The van der Waals surface area contributed by atoms with Crippen LogP contribution in [-0.2, 0) is 20.8 Å². The van der Waals surface area contributed by atoms with Gasteiger partial charge in [-0.05, 0) is 92.8 Å². The van der Waals surface area contributed by atoms with Crippen LogP contribution >= 0.6 is 0 Å². The molecule has 2 N–H and O–H groups in total. The van der Waals surface area contributed by atoms with Gasteiger partial charge in [0.2, 0.25) is 17.7 Å². The number of benzene rings is 2. The first-order valence-corrected chi connectivity index (χ1v) is 15.4. The summed E-state index contributed by atoms with van der Waals surface area (Å²) in [6.45, 7) is 3.34. The number of halogens is 1. The molecule has 3 saturated heterocycles. The molecular formula is C33H38FN5O4. The van der Waals surface area contributed by atoms with E-state index in [1.54, 1.807) is 12.1 Å². The molecule has 226 valence electrons. The van der Waals surface area contributed by atoms with Crippen LogP contribution in [0.4, 0.5) is 4.39 Å². The van der Waals surface area contributed by atoms with Gasteiger partial charge < -0.3 is 9.88 Å². The third kappa shape index (κ3) is 6.69. The van der Waals surface area contributed by atoms with Gasteiger partial charge in [0.25, 0.3) is 5.56 Å². The molecule has 0 saturated carbocycles. The predicted molar refractivity (Wildman–Crippen MR) is 160 cm³/mol. The summed E-state index contributed by atoms with van der Waals surface area (Å²) in [5, 5.41) is 2.95. The summed E-state index contributed by atoms with van der Waals surface area (Å²) in [5.41, 5.74) is 1.89. The molecule has 3 fully saturated rings. The number of nitrogens with one attached hydrogen (secondary N) is 2. The lowest BCUT2D eigenvalue weighted by Crippen LogP contribution is -2.46. The fourth-order valence-corrected chi connectivity index (χ4v) is 6.86. The Labute approximate surface area is 249 Å². The van der Waals surface area contributed by atoms with E-state index in [9.17, 15) is 19.2 Å². The van der Waals surface area contributed by atoms with Crippen molar-refractivity contribution in [2.75, 3.05) is 32.7 Å². The maximum atomic E-state index is 15.1. The van der Waals surface area contributed by atoms with Gasteiger partial charge in [-0.2, -0.15) is 0 Å². The first kappa shape index (κ1) is 29.2. The summed E-state index contributed by atoms with van der Waals surface area (Å²) in [6.07, 6.45) is 5.75. The standard InChI is InChI=1S/C33H38FN5O4/c34-27-19-23(25-8-10-30(40)37-32(25)42)6-7-24(27)22-13-15-38(16-14-22)20-31(41)39-17-11-21(12-18-39)5-9-29-35-28-4-2-1-3-26(28)33(43)36-29/h1-4,6-7,19,21-22,25H,5,8-18,20H2,(H,35,36,43)(H,37,40,42). The first-order chi connectivity index (χ1) is 20.8. The number of aromatic nitrogens is 2. The molecule has 6 rings (SSSR count). The van der Waals surface area contributed by atoms with Crippen LogP contribution in [0.25, 0.3) is 10.9 Å². The van der Waals surface area contributed by atoms with Crippen LogP contribution in [0.5, 0.6) is 0 Å². The average Bonchev–Trinajstić information content (AvgIpc) is 3.01. The lowest BCUT2D eigenvalue weighted by Gasteiger charge is -2.36. The number of carbonyl (C=O) groups is 3. The van der Waals surface area contributed by atoms with E-state index in [1.165, 1.54) is 6.07 Å². The number of imide groups is 1.